The minimum atomic E-state index is -0.395. The SMILES string of the molecule is COc1ccc2c(c1)C(=O)N(c1nccc(C(=O)Nc3cnccc3N3CCNCC3)n1)C2. The van der Waals surface area contributed by atoms with Crippen LogP contribution >= 0.6 is 0 Å². The van der Waals surface area contributed by atoms with Gasteiger partial charge in [0, 0.05) is 44.1 Å². The van der Waals surface area contributed by atoms with E-state index in [1.54, 1.807) is 25.6 Å². The molecule has 2 amide bonds. The van der Waals surface area contributed by atoms with Crippen molar-refractivity contribution >= 4 is 29.1 Å². The zero-order chi connectivity index (χ0) is 22.8. The third-order valence-corrected chi connectivity index (χ3v) is 5.74. The normalized spacial score (nSPS) is 15.4. The zero-order valence-corrected chi connectivity index (χ0v) is 18.1. The number of anilines is 3. The van der Waals surface area contributed by atoms with Crippen LogP contribution in [0, 0.1) is 0 Å². The second kappa shape index (κ2) is 8.83. The van der Waals surface area contributed by atoms with Crippen LogP contribution in [-0.4, -0.2) is 60.1 Å². The van der Waals surface area contributed by atoms with Crippen LogP contribution in [0.15, 0.2) is 48.9 Å². The molecule has 3 aromatic rings. The average molecular weight is 445 g/mol. The van der Waals surface area contributed by atoms with Gasteiger partial charge >= 0.3 is 0 Å². The lowest BCUT2D eigenvalue weighted by atomic mass is 10.1. The van der Waals surface area contributed by atoms with Crippen molar-refractivity contribution in [3.05, 3.63) is 65.7 Å². The van der Waals surface area contributed by atoms with Crippen molar-refractivity contribution in [2.75, 3.05) is 48.4 Å². The molecule has 33 heavy (non-hydrogen) atoms. The topological polar surface area (TPSA) is 113 Å². The molecule has 1 aromatic carbocycles. The number of aromatic nitrogens is 3. The van der Waals surface area contributed by atoms with Gasteiger partial charge in [-0.1, -0.05) is 6.07 Å². The van der Waals surface area contributed by atoms with Crippen molar-refractivity contribution in [1.29, 1.82) is 0 Å². The highest BCUT2D eigenvalue weighted by Crippen LogP contribution is 2.29. The van der Waals surface area contributed by atoms with Crippen LogP contribution in [0.4, 0.5) is 17.3 Å². The molecule has 5 rings (SSSR count). The Morgan fingerprint density at radius 1 is 1.15 bits per heavy atom. The number of fused-ring (bicyclic) bond motifs is 1. The molecule has 2 aliphatic heterocycles. The number of nitrogens with one attached hydrogen (secondary N) is 2. The summed E-state index contributed by atoms with van der Waals surface area (Å²) in [6, 6.07) is 8.78. The molecule has 0 aliphatic carbocycles. The summed E-state index contributed by atoms with van der Waals surface area (Å²) in [5.41, 5.74) is 3.09. The quantitative estimate of drug-likeness (QED) is 0.610. The van der Waals surface area contributed by atoms with E-state index in [9.17, 15) is 9.59 Å². The Morgan fingerprint density at radius 2 is 2.00 bits per heavy atom. The molecule has 1 fully saturated rings. The molecule has 0 radical (unpaired) electrons. The maximum Gasteiger partial charge on any atom is 0.274 e. The van der Waals surface area contributed by atoms with Gasteiger partial charge in [0.25, 0.3) is 11.8 Å². The molecular weight excluding hydrogens is 422 g/mol. The van der Waals surface area contributed by atoms with Gasteiger partial charge in [-0.2, -0.15) is 0 Å². The summed E-state index contributed by atoms with van der Waals surface area (Å²) in [5, 5.41) is 6.23. The molecule has 168 valence electrons. The van der Waals surface area contributed by atoms with Gasteiger partial charge in [0.1, 0.15) is 11.4 Å². The summed E-state index contributed by atoms with van der Waals surface area (Å²) in [4.78, 5) is 42.4. The van der Waals surface area contributed by atoms with E-state index in [-0.39, 0.29) is 17.5 Å². The summed E-state index contributed by atoms with van der Waals surface area (Å²) in [5.74, 6) is 0.162. The molecular formula is C23H23N7O3. The van der Waals surface area contributed by atoms with Gasteiger partial charge < -0.3 is 20.3 Å². The van der Waals surface area contributed by atoms with Crippen molar-refractivity contribution in [2.24, 2.45) is 0 Å². The maximum atomic E-state index is 13.0. The smallest absolute Gasteiger partial charge is 0.274 e. The van der Waals surface area contributed by atoms with E-state index in [1.807, 2.05) is 18.2 Å². The number of methoxy groups -OCH3 is 1. The Balaban J connectivity index is 1.36. The Kier molecular flexibility index (Phi) is 5.57. The average Bonchev–Trinajstić information content (AvgIpc) is 3.20. The monoisotopic (exact) mass is 445 g/mol. The first kappa shape index (κ1) is 20.8. The van der Waals surface area contributed by atoms with Gasteiger partial charge in [0.15, 0.2) is 0 Å². The van der Waals surface area contributed by atoms with E-state index >= 15 is 0 Å². The van der Waals surface area contributed by atoms with Crippen LogP contribution in [0.5, 0.6) is 5.75 Å². The Hall–Kier alpha value is -4.05. The highest BCUT2D eigenvalue weighted by Gasteiger charge is 2.31. The molecule has 4 heterocycles. The summed E-state index contributed by atoms with van der Waals surface area (Å²) in [6.07, 6.45) is 4.82. The largest absolute Gasteiger partial charge is 0.497 e. The maximum absolute atomic E-state index is 13.0. The van der Waals surface area contributed by atoms with E-state index in [2.05, 4.69) is 30.5 Å². The highest BCUT2D eigenvalue weighted by molar-refractivity contribution is 6.10. The van der Waals surface area contributed by atoms with Crippen LogP contribution in [0.25, 0.3) is 0 Å². The predicted molar refractivity (Wildman–Crippen MR) is 123 cm³/mol. The van der Waals surface area contributed by atoms with E-state index < -0.39 is 5.91 Å². The van der Waals surface area contributed by atoms with Gasteiger partial charge in [-0.15, -0.1) is 0 Å². The number of hydrogen-bond acceptors (Lipinski definition) is 8. The molecule has 2 aliphatic rings. The molecule has 0 saturated carbocycles. The van der Waals surface area contributed by atoms with Crippen molar-refractivity contribution < 1.29 is 14.3 Å². The van der Waals surface area contributed by atoms with E-state index in [0.717, 1.165) is 37.4 Å². The molecule has 2 aromatic heterocycles. The van der Waals surface area contributed by atoms with Crippen LogP contribution in [-0.2, 0) is 6.54 Å². The zero-order valence-electron chi connectivity index (χ0n) is 18.1. The van der Waals surface area contributed by atoms with Crippen molar-refractivity contribution in [1.82, 2.24) is 20.3 Å². The second-order valence-corrected chi connectivity index (χ2v) is 7.74. The number of carbonyl (C=O) groups is 2. The van der Waals surface area contributed by atoms with Crippen LogP contribution in [0.1, 0.15) is 26.4 Å². The fourth-order valence-electron chi connectivity index (χ4n) is 4.02. The minimum Gasteiger partial charge on any atom is -0.497 e. The summed E-state index contributed by atoms with van der Waals surface area (Å²) < 4.78 is 5.22. The predicted octanol–water partition coefficient (Wildman–Crippen LogP) is 1.70. The van der Waals surface area contributed by atoms with Crippen molar-refractivity contribution in [3.63, 3.8) is 0 Å². The fraction of sp³-hybridized carbons (Fsp3) is 0.261. The third kappa shape index (κ3) is 4.08. The second-order valence-electron chi connectivity index (χ2n) is 7.74. The number of piperazine rings is 1. The van der Waals surface area contributed by atoms with E-state index in [0.29, 0.717) is 23.5 Å². The van der Waals surface area contributed by atoms with Crippen LogP contribution in [0.3, 0.4) is 0 Å². The number of ether oxygens (including phenoxy) is 1. The van der Waals surface area contributed by atoms with Crippen LogP contribution in [0.2, 0.25) is 0 Å². The molecule has 0 spiro atoms. The number of nitrogens with zero attached hydrogens (tertiary/aromatic N) is 5. The minimum absolute atomic E-state index is 0.163. The highest BCUT2D eigenvalue weighted by atomic mass is 16.5. The molecule has 1 saturated heterocycles. The summed E-state index contributed by atoms with van der Waals surface area (Å²) >= 11 is 0. The van der Waals surface area contributed by atoms with Crippen molar-refractivity contribution in [3.8, 4) is 5.75 Å². The number of rotatable bonds is 5. The Labute approximate surface area is 190 Å². The molecule has 10 heteroatoms. The Bertz CT molecular complexity index is 1210. The Morgan fingerprint density at radius 3 is 2.82 bits per heavy atom. The molecule has 0 bridgehead atoms. The molecule has 0 unspecified atom stereocenters. The third-order valence-electron chi connectivity index (χ3n) is 5.74. The standard InChI is InChI=1S/C23H23N7O3/c1-33-16-3-2-15-14-30(22(32)17(15)12-16)23-26-7-4-18(28-23)21(31)27-19-13-25-6-5-20(19)29-10-8-24-9-11-29/h2-7,12-13,24H,8-11,14H2,1H3,(H,27,31). The van der Waals surface area contributed by atoms with E-state index in [1.165, 1.54) is 17.2 Å². The lowest BCUT2D eigenvalue weighted by Gasteiger charge is -2.30. The molecule has 0 atom stereocenters. The number of benzene rings is 1. The number of pyridine rings is 1. The lowest BCUT2D eigenvalue weighted by Crippen LogP contribution is -2.43. The molecule has 10 nitrogen and oxygen atoms in total. The number of amides is 2. The van der Waals surface area contributed by atoms with Gasteiger partial charge in [-0.3, -0.25) is 19.5 Å². The van der Waals surface area contributed by atoms with Gasteiger partial charge in [0.2, 0.25) is 5.95 Å². The van der Waals surface area contributed by atoms with Crippen molar-refractivity contribution in [2.45, 2.75) is 6.54 Å². The van der Waals surface area contributed by atoms with E-state index in [4.69, 9.17) is 4.74 Å². The first-order chi connectivity index (χ1) is 16.1. The van der Waals surface area contributed by atoms with Gasteiger partial charge in [-0.05, 0) is 29.8 Å². The van der Waals surface area contributed by atoms with Gasteiger partial charge in [0.05, 0.1) is 31.2 Å². The number of hydrogen-bond donors (Lipinski definition) is 2. The lowest BCUT2D eigenvalue weighted by molar-refractivity contribution is 0.0989. The fourth-order valence-corrected chi connectivity index (χ4v) is 4.02. The van der Waals surface area contributed by atoms with Gasteiger partial charge in [-0.25, -0.2) is 9.97 Å². The first-order valence-electron chi connectivity index (χ1n) is 10.7. The summed E-state index contributed by atoms with van der Waals surface area (Å²) in [7, 11) is 1.56. The van der Waals surface area contributed by atoms with Crippen LogP contribution < -0.4 is 25.2 Å². The molecule has 2 N–H and O–H groups in total. The number of carbonyl (C=O) groups excluding carboxylic acids is 2. The summed E-state index contributed by atoms with van der Waals surface area (Å²) in [6.45, 7) is 3.77. The first-order valence-corrected chi connectivity index (χ1v) is 10.7.